The number of carbonyl (C=O) groups excluding carboxylic acids is 2. The minimum atomic E-state index is -0.541. The quantitative estimate of drug-likeness (QED) is 0.259. The summed E-state index contributed by atoms with van der Waals surface area (Å²) in [5.74, 6) is -0.349. The van der Waals surface area contributed by atoms with Crippen molar-refractivity contribution in [3.05, 3.63) is 52.1 Å². The molecule has 9 heteroatoms. The van der Waals surface area contributed by atoms with Gasteiger partial charge in [0, 0.05) is 29.6 Å². The Morgan fingerprint density at radius 3 is 2.21 bits per heavy atom. The number of anilines is 1. The topological polar surface area (TPSA) is 101 Å². The number of Topliss-reactive ketones (excluding diaryl/α,β-unsaturated/α-hetero) is 1. The fourth-order valence-electron chi connectivity index (χ4n) is 4.82. The second-order valence-corrected chi connectivity index (χ2v) is 12.2. The van der Waals surface area contributed by atoms with E-state index in [4.69, 9.17) is 27.9 Å². The molecule has 4 rings (SSSR count). The van der Waals surface area contributed by atoms with Gasteiger partial charge in [0.25, 0.3) is 0 Å². The summed E-state index contributed by atoms with van der Waals surface area (Å²) in [6, 6.07) is 9.26. The first-order valence-electron chi connectivity index (χ1n) is 13.2. The monoisotopic (exact) mass is 571 g/mol. The summed E-state index contributed by atoms with van der Waals surface area (Å²) in [5, 5.41) is 17.8. The van der Waals surface area contributed by atoms with Crippen LogP contribution in [0.25, 0.3) is 22.0 Å². The zero-order valence-electron chi connectivity index (χ0n) is 22.9. The van der Waals surface area contributed by atoms with Gasteiger partial charge in [-0.15, -0.1) is 0 Å². The molecule has 0 atom stereocenters. The minimum Gasteiger partial charge on any atom is -0.505 e. The van der Waals surface area contributed by atoms with E-state index in [9.17, 15) is 14.7 Å². The van der Waals surface area contributed by atoms with Gasteiger partial charge in [0.1, 0.15) is 5.60 Å². The summed E-state index contributed by atoms with van der Waals surface area (Å²) in [6.45, 7) is 9.29. The Morgan fingerprint density at radius 2 is 1.62 bits per heavy atom. The number of nitrogens with zero attached hydrogens (tertiary/aromatic N) is 1. The van der Waals surface area contributed by atoms with E-state index in [1.165, 1.54) is 0 Å². The van der Waals surface area contributed by atoms with Crippen LogP contribution in [0.5, 0.6) is 5.75 Å². The van der Waals surface area contributed by atoms with Crippen molar-refractivity contribution < 1.29 is 19.4 Å². The normalized spacial score (nSPS) is 17.7. The maximum Gasteiger partial charge on any atom is 0.407 e. The van der Waals surface area contributed by atoms with Gasteiger partial charge in [-0.3, -0.25) is 9.78 Å². The van der Waals surface area contributed by atoms with Crippen LogP contribution in [0.3, 0.4) is 0 Å². The standard InChI is InChI=1S/C30H35Cl2N3O4/c1-16(2)27(36)22-15-33-25-11-6-17(18-13-23(31)28(37)24(32)14-18)12-21(25)26(22)34-19-7-9-20(10-8-19)35-29(38)39-30(3,4)5/h6,11-16,19-20,37H,7-10H2,1-5H3,(H,33,34)(H,35,38)/t19-,20-. The highest BCUT2D eigenvalue weighted by Crippen LogP contribution is 2.39. The molecule has 0 unspecified atom stereocenters. The lowest BCUT2D eigenvalue weighted by Crippen LogP contribution is -2.42. The number of amides is 1. The Kier molecular flexibility index (Phi) is 8.62. The number of phenolic OH excluding ortho intramolecular Hbond substituents is 1. The number of fused-ring (bicyclic) bond motifs is 1. The second-order valence-electron chi connectivity index (χ2n) is 11.4. The molecule has 2 aromatic carbocycles. The van der Waals surface area contributed by atoms with Crippen LogP contribution in [0.15, 0.2) is 36.5 Å². The van der Waals surface area contributed by atoms with Crippen molar-refractivity contribution >= 4 is 51.7 Å². The molecular weight excluding hydrogens is 537 g/mol. The third-order valence-electron chi connectivity index (χ3n) is 6.80. The average molecular weight is 573 g/mol. The Hall–Kier alpha value is -3.03. The molecule has 1 heterocycles. The van der Waals surface area contributed by atoms with Gasteiger partial charge < -0.3 is 20.5 Å². The van der Waals surface area contributed by atoms with Gasteiger partial charge >= 0.3 is 6.09 Å². The number of carbonyl (C=O) groups is 2. The van der Waals surface area contributed by atoms with E-state index in [0.717, 1.165) is 53.4 Å². The van der Waals surface area contributed by atoms with Crippen LogP contribution in [-0.2, 0) is 4.74 Å². The van der Waals surface area contributed by atoms with E-state index < -0.39 is 11.7 Å². The van der Waals surface area contributed by atoms with Crippen LogP contribution in [0, 0.1) is 5.92 Å². The van der Waals surface area contributed by atoms with Crippen molar-refractivity contribution in [3.8, 4) is 16.9 Å². The molecule has 1 aliphatic rings. The Bertz CT molecular complexity index is 1370. The van der Waals surface area contributed by atoms with Gasteiger partial charge in [0.2, 0.25) is 0 Å². The van der Waals surface area contributed by atoms with Crippen LogP contribution >= 0.6 is 23.2 Å². The number of halogens is 2. The third kappa shape index (κ3) is 6.95. The molecule has 0 aliphatic heterocycles. The molecule has 0 bridgehead atoms. The predicted molar refractivity (Wildman–Crippen MR) is 157 cm³/mol. The fraction of sp³-hybridized carbons (Fsp3) is 0.433. The van der Waals surface area contributed by atoms with Crippen LogP contribution in [-0.4, -0.2) is 39.7 Å². The first kappa shape index (κ1) is 29.0. The molecule has 39 heavy (non-hydrogen) atoms. The van der Waals surface area contributed by atoms with Crippen molar-refractivity contribution in [1.82, 2.24) is 10.3 Å². The van der Waals surface area contributed by atoms with Crippen molar-refractivity contribution in [1.29, 1.82) is 0 Å². The van der Waals surface area contributed by atoms with Gasteiger partial charge in [-0.25, -0.2) is 4.79 Å². The fourth-order valence-corrected chi connectivity index (χ4v) is 5.31. The number of hydrogen-bond acceptors (Lipinski definition) is 6. The number of hydrogen-bond donors (Lipinski definition) is 3. The van der Waals surface area contributed by atoms with Crippen LogP contribution in [0.1, 0.15) is 70.7 Å². The predicted octanol–water partition coefficient (Wildman–Crippen LogP) is 8.00. The van der Waals surface area contributed by atoms with Gasteiger partial charge in [-0.1, -0.05) is 43.1 Å². The van der Waals surface area contributed by atoms with Crippen LogP contribution in [0.4, 0.5) is 10.5 Å². The molecule has 1 saturated carbocycles. The third-order valence-corrected chi connectivity index (χ3v) is 7.38. The summed E-state index contributed by atoms with van der Waals surface area (Å²) in [7, 11) is 0. The molecule has 3 N–H and O–H groups in total. The number of benzene rings is 2. The van der Waals surface area contributed by atoms with Gasteiger partial charge in [0.15, 0.2) is 11.5 Å². The van der Waals surface area contributed by atoms with Crippen molar-refractivity contribution in [3.63, 3.8) is 0 Å². The molecule has 1 aliphatic carbocycles. The molecule has 208 valence electrons. The highest BCUT2D eigenvalue weighted by atomic mass is 35.5. The van der Waals surface area contributed by atoms with Gasteiger partial charge in [0.05, 0.1) is 26.8 Å². The lowest BCUT2D eigenvalue weighted by molar-refractivity contribution is 0.0492. The van der Waals surface area contributed by atoms with E-state index >= 15 is 0 Å². The second kappa shape index (κ2) is 11.6. The van der Waals surface area contributed by atoms with E-state index in [0.29, 0.717) is 5.56 Å². The number of phenols is 1. The molecule has 0 saturated heterocycles. The molecule has 1 fully saturated rings. The van der Waals surface area contributed by atoms with Crippen LogP contribution < -0.4 is 10.6 Å². The molecule has 0 spiro atoms. The first-order valence-corrected chi connectivity index (χ1v) is 14.0. The number of nitrogens with one attached hydrogen (secondary N) is 2. The number of rotatable bonds is 6. The SMILES string of the molecule is CC(C)C(=O)c1cnc2ccc(-c3cc(Cl)c(O)c(Cl)c3)cc2c1N[C@H]1CC[C@H](NC(=O)OC(C)(C)C)CC1. The van der Waals surface area contributed by atoms with E-state index in [-0.39, 0.29) is 39.6 Å². The summed E-state index contributed by atoms with van der Waals surface area (Å²) >= 11 is 12.4. The average Bonchev–Trinajstić information content (AvgIpc) is 2.86. The maximum absolute atomic E-state index is 13.2. The highest BCUT2D eigenvalue weighted by molar-refractivity contribution is 6.37. The number of ketones is 1. The molecule has 0 radical (unpaired) electrons. The van der Waals surface area contributed by atoms with E-state index in [1.807, 2.05) is 52.8 Å². The zero-order chi connectivity index (χ0) is 28.5. The van der Waals surface area contributed by atoms with Gasteiger partial charge in [-0.05, 0) is 81.8 Å². The number of ether oxygens (including phenoxy) is 1. The van der Waals surface area contributed by atoms with Crippen molar-refractivity contribution in [2.75, 3.05) is 5.32 Å². The Balaban J connectivity index is 1.63. The number of aromatic hydroxyl groups is 1. The number of alkyl carbamates (subject to hydrolysis) is 1. The van der Waals surface area contributed by atoms with Gasteiger partial charge in [-0.2, -0.15) is 0 Å². The maximum atomic E-state index is 13.2. The van der Waals surface area contributed by atoms with Crippen LogP contribution in [0.2, 0.25) is 10.0 Å². The molecule has 7 nitrogen and oxygen atoms in total. The number of pyridine rings is 1. The highest BCUT2D eigenvalue weighted by Gasteiger charge is 2.27. The number of aromatic nitrogens is 1. The summed E-state index contributed by atoms with van der Waals surface area (Å²) in [6.07, 6.45) is 4.49. The largest absolute Gasteiger partial charge is 0.505 e. The summed E-state index contributed by atoms with van der Waals surface area (Å²) in [5.41, 5.74) is 3.07. The lowest BCUT2D eigenvalue weighted by Gasteiger charge is -2.31. The molecule has 1 amide bonds. The first-order chi connectivity index (χ1) is 18.3. The molecule has 1 aromatic heterocycles. The van der Waals surface area contributed by atoms with Crippen molar-refractivity contribution in [2.24, 2.45) is 5.92 Å². The summed E-state index contributed by atoms with van der Waals surface area (Å²) < 4.78 is 5.40. The Labute approximate surface area is 239 Å². The molecule has 3 aromatic rings. The summed E-state index contributed by atoms with van der Waals surface area (Å²) in [4.78, 5) is 30.0. The Morgan fingerprint density at radius 1 is 1.00 bits per heavy atom. The van der Waals surface area contributed by atoms with E-state index in [1.54, 1.807) is 18.3 Å². The molecular formula is C30H35Cl2N3O4. The zero-order valence-corrected chi connectivity index (χ0v) is 24.4. The smallest absolute Gasteiger partial charge is 0.407 e. The minimum absolute atomic E-state index is 0.00769. The van der Waals surface area contributed by atoms with Crippen molar-refractivity contribution in [2.45, 2.75) is 78.0 Å². The lowest BCUT2D eigenvalue weighted by atomic mass is 9.90. The van der Waals surface area contributed by atoms with E-state index in [2.05, 4.69) is 15.6 Å².